The summed E-state index contributed by atoms with van der Waals surface area (Å²) in [7, 11) is 1.39. The number of esters is 1. The second-order valence-corrected chi connectivity index (χ2v) is 6.54. The number of rotatable bonds is 4. The standard InChI is InChI=1S/C21H24N2O3/c1-16-6-5-7-17(14-16)15-20(24)23-12-10-22(11-13-23)19-9-4-3-8-18(19)21(25)26-2/h3-9,14H,10-13,15H2,1-2H3. The Morgan fingerprint density at radius 3 is 2.42 bits per heavy atom. The van der Waals surface area contributed by atoms with Gasteiger partial charge in [-0.25, -0.2) is 4.79 Å². The number of para-hydroxylation sites is 1. The van der Waals surface area contributed by atoms with Crippen molar-refractivity contribution in [2.75, 3.05) is 38.2 Å². The highest BCUT2D eigenvalue weighted by molar-refractivity contribution is 5.95. The number of carbonyl (C=O) groups excluding carboxylic acids is 2. The molecule has 1 amide bonds. The molecule has 0 radical (unpaired) electrons. The minimum absolute atomic E-state index is 0.150. The number of hydrogen-bond donors (Lipinski definition) is 0. The van der Waals surface area contributed by atoms with Gasteiger partial charge in [0.15, 0.2) is 0 Å². The zero-order chi connectivity index (χ0) is 18.5. The molecule has 2 aromatic rings. The monoisotopic (exact) mass is 352 g/mol. The number of nitrogens with zero attached hydrogens (tertiary/aromatic N) is 2. The lowest BCUT2D eigenvalue weighted by molar-refractivity contribution is -0.130. The summed E-state index contributed by atoms with van der Waals surface area (Å²) in [6.45, 7) is 4.74. The van der Waals surface area contributed by atoms with Crippen LogP contribution >= 0.6 is 0 Å². The summed E-state index contributed by atoms with van der Waals surface area (Å²) in [5.74, 6) is -0.185. The Bertz CT molecular complexity index is 795. The van der Waals surface area contributed by atoms with Crippen LogP contribution in [0.15, 0.2) is 48.5 Å². The van der Waals surface area contributed by atoms with E-state index in [0.717, 1.165) is 11.3 Å². The molecule has 0 spiro atoms. The molecule has 5 heteroatoms. The molecule has 0 atom stereocenters. The van der Waals surface area contributed by atoms with Crippen LogP contribution in [0.2, 0.25) is 0 Å². The maximum Gasteiger partial charge on any atom is 0.339 e. The van der Waals surface area contributed by atoms with Gasteiger partial charge in [0.25, 0.3) is 0 Å². The van der Waals surface area contributed by atoms with Crippen molar-refractivity contribution in [3.8, 4) is 0 Å². The van der Waals surface area contributed by atoms with Gasteiger partial charge in [0, 0.05) is 26.2 Å². The Kier molecular flexibility index (Phi) is 5.56. The minimum atomic E-state index is -0.335. The molecule has 1 heterocycles. The fourth-order valence-corrected chi connectivity index (χ4v) is 3.34. The number of amides is 1. The van der Waals surface area contributed by atoms with Crippen LogP contribution in [-0.2, 0) is 16.0 Å². The lowest BCUT2D eigenvalue weighted by Crippen LogP contribution is -2.49. The van der Waals surface area contributed by atoms with E-state index in [4.69, 9.17) is 4.74 Å². The Morgan fingerprint density at radius 1 is 1.00 bits per heavy atom. The summed E-state index contributed by atoms with van der Waals surface area (Å²) in [4.78, 5) is 28.6. The maximum atomic E-state index is 12.6. The van der Waals surface area contributed by atoms with Gasteiger partial charge < -0.3 is 14.5 Å². The van der Waals surface area contributed by atoms with Crippen LogP contribution < -0.4 is 4.90 Å². The van der Waals surface area contributed by atoms with Crippen LogP contribution in [0.1, 0.15) is 21.5 Å². The highest BCUT2D eigenvalue weighted by Gasteiger charge is 2.24. The lowest BCUT2D eigenvalue weighted by Gasteiger charge is -2.36. The third-order valence-corrected chi connectivity index (χ3v) is 4.72. The lowest BCUT2D eigenvalue weighted by atomic mass is 10.1. The third kappa shape index (κ3) is 4.04. The van der Waals surface area contributed by atoms with E-state index in [2.05, 4.69) is 11.0 Å². The van der Waals surface area contributed by atoms with Crippen LogP contribution in [0.5, 0.6) is 0 Å². The first kappa shape index (κ1) is 18.0. The van der Waals surface area contributed by atoms with Gasteiger partial charge in [0.2, 0.25) is 5.91 Å². The summed E-state index contributed by atoms with van der Waals surface area (Å²) in [6, 6.07) is 15.5. The van der Waals surface area contributed by atoms with Crippen LogP contribution in [0, 0.1) is 6.92 Å². The van der Waals surface area contributed by atoms with Crippen molar-refractivity contribution < 1.29 is 14.3 Å². The smallest absolute Gasteiger partial charge is 0.339 e. The van der Waals surface area contributed by atoms with E-state index in [9.17, 15) is 9.59 Å². The third-order valence-electron chi connectivity index (χ3n) is 4.72. The van der Waals surface area contributed by atoms with Gasteiger partial charge in [-0.1, -0.05) is 42.0 Å². The van der Waals surface area contributed by atoms with Crippen LogP contribution in [-0.4, -0.2) is 50.1 Å². The highest BCUT2D eigenvalue weighted by atomic mass is 16.5. The van der Waals surface area contributed by atoms with E-state index < -0.39 is 0 Å². The Labute approximate surface area is 154 Å². The summed E-state index contributed by atoms with van der Waals surface area (Å²) < 4.78 is 4.87. The molecule has 2 aromatic carbocycles. The van der Waals surface area contributed by atoms with Crippen molar-refractivity contribution in [1.29, 1.82) is 0 Å². The molecule has 1 saturated heterocycles. The number of carbonyl (C=O) groups is 2. The second-order valence-electron chi connectivity index (χ2n) is 6.54. The second kappa shape index (κ2) is 8.04. The number of benzene rings is 2. The van der Waals surface area contributed by atoms with Gasteiger partial charge in [-0.3, -0.25) is 4.79 Å². The Morgan fingerprint density at radius 2 is 1.73 bits per heavy atom. The van der Waals surface area contributed by atoms with Crippen LogP contribution in [0.25, 0.3) is 0 Å². The summed E-state index contributed by atoms with van der Waals surface area (Å²) in [6.07, 6.45) is 0.431. The van der Waals surface area contributed by atoms with Crippen molar-refractivity contribution in [3.63, 3.8) is 0 Å². The molecule has 3 rings (SSSR count). The number of piperazine rings is 1. The van der Waals surface area contributed by atoms with E-state index in [-0.39, 0.29) is 11.9 Å². The molecule has 1 aliphatic heterocycles. The van der Waals surface area contributed by atoms with E-state index in [1.54, 1.807) is 6.07 Å². The van der Waals surface area contributed by atoms with Crippen LogP contribution in [0.4, 0.5) is 5.69 Å². The number of aryl methyl sites for hydroxylation is 1. The first-order valence-electron chi connectivity index (χ1n) is 8.84. The van der Waals surface area contributed by atoms with Gasteiger partial charge in [-0.15, -0.1) is 0 Å². The largest absolute Gasteiger partial charge is 0.465 e. The van der Waals surface area contributed by atoms with Crippen molar-refractivity contribution in [2.24, 2.45) is 0 Å². The average molecular weight is 352 g/mol. The molecule has 0 unspecified atom stereocenters. The molecule has 0 N–H and O–H groups in total. The number of methoxy groups -OCH3 is 1. The van der Waals surface area contributed by atoms with E-state index >= 15 is 0 Å². The van der Waals surface area contributed by atoms with Gasteiger partial charge in [-0.2, -0.15) is 0 Å². The fourth-order valence-electron chi connectivity index (χ4n) is 3.34. The zero-order valence-corrected chi connectivity index (χ0v) is 15.3. The summed E-state index contributed by atoms with van der Waals surface area (Å²) in [5, 5.41) is 0. The number of ether oxygens (including phenoxy) is 1. The van der Waals surface area contributed by atoms with Gasteiger partial charge >= 0.3 is 5.97 Å². The Hall–Kier alpha value is -2.82. The molecule has 1 fully saturated rings. The molecule has 0 aromatic heterocycles. The van der Waals surface area contributed by atoms with Crippen molar-refractivity contribution in [3.05, 3.63) is 65.2 Å². The summed E-state index contributed by atoms with van der Waals surface area (Å²) >= 11 is 0. The van der Waals surface area contributed by atoms with E-state index in [1.807, 2.05) is 48.2 Å². The van der Waals surface area contributed by atoms with Gasteiger partial charge in [0.1, 0.15) is 0 Å². The quantitative estimate of drug-likeness (QED) is 0.794. The van der Waals surface area contributed by atoms with Gasteiger partial charge in [0.05, 0.1) is 24.8 Å². The molecule has 0 bridgehead atoms. The maximum absolute atomic E-state index is 12.6. The van der Waals surface area contributed by atoms with Crippen LogP contribution in [0.3, 0.4) is 0 Å². The highest BCUT2D eigenvalue weighted by Crippen LogP contribution is 2.23. The SMILES string of the molecule is COC(=O)c1ccccc1N1CCN(C(=O)Cc2cccc(C)c2)CC1. The molecule has 26 heavy (non-hydrogen) atoms. The molecule has 0 aliphatic carbocycles. The van der Waals surface area contributed by atoms with E-state index in [0.29, 0.717) is 38.2 Å². The summed E-state index contributed by atoms with van der Waals surface area (Å²) in [5.41, 5.74) is 3.65. The number of hydrogen-bond acceptors (Lipinski definition) is 4. The van der Waals surface area contributed by atoms with E-state index in [1.165, 1.54) is 12.7 Å². The van der Waals surface area contributed by atoms with Crippen molar-refractivity contribution >= 4 is 17.6 Å². The molecule has 1 aliphatic rings. The first-order chi connectivity index (χ1) is 12.6. The minimum Gasteiger partial charge on any atom is -0.465 e. The van der Waals surface area contributed by atoms with Crippen molar-refractivity contribution in [1.82, 2.24) is 4.90 Å². The average Bonchev–Trinajstić information content (AvgIpc) is 2.67. The molecular formula is C21H24N2O3. The first-order valence-corrected chi connectivity index (χ1v) is 8.84. The molecular weight excluding hydrogens is 328 g/mol. The topological polar surface area (TPSA) is 49.9 Å². The van der Waals surface area contributed by atoms with Gasteiger partial charge in [-0.05, 0) is 24.6 Å². The molecule has 0 saturated carbocycles. The Balaban J connectivity index is 1.63. The predicted molar refractivity (Wildman–Crippen MR) is 101 cm³/mol. The normalized spacial score (nSPS) is 14.2. The number of anilines is 1. The zero-order valence-electron chi connectivity index (χ0n) is 15.3. The molecule has 5 nitrogen and oxygen atoms in total. The predicted octanol–water partition coefficient (Wildman–Crippen LogP) is 2.67. The molecule has 136 valence electrons. The van der Waals surface area contributed by atoms with Crippen molar-refractivity contribution in [2.45, 2.75) is 13.3 Å². The fraction of sp³-hybridized carbons (Fsp3) is 0.333.